The summed E-state index contributed by atoms with van der Waals surface area (Å²) >= 11 is 0. The van der Waals surface area contributed by atoms with E-state index in [1.54, 1.807) is 6.92 Å². The van der Waals surface area contributed by atoms with E-state index in [2.05, 4.69) is 5.32 Å². The number of hydrogen-bond acceptors (Lipinski definition) is 3. The molecule has 0 atom stereocenters. The van der Waals surface area contributed by atoms with Crippen molar-refractivity contribution in [1.82, 2.24) is 4.31 Å². The number of benzene rings is 2. The van der Waals surface area contributed by atoms with Gasteiger partial charge in [0, 0.05) is 19.8 Å². The molecule has 2 aromatic rings. The summed E-state index contributed by atoms with van der Waals surface area (Å²) in [4.78, 5) is 12.1. The Morgan fingerprint density at radius 2 is 1.65 bits per heavy atom. The van der Waals surface area contributed by atoms with E-state index in [1.807, 2.05) is 0 Å². The minimum absolute atomic E-state index is 0.0118. The first-order chi connectivity index (χ1) is 12.0. The molecule has 5 nitrogen and oxygen atoms in total. The van der Waals surface area contributed by atoms with E-state index in [9.17, 15) is 26.4 Å². The van der Waals surface area contributed by atoms with Crippen LogP contribution in [-0.2, 0) is 21.2 Å². The van der Waals surface area contributed by atoms with Crippen molar-refractivity contribution in [2.45, 2.75) is 18.2 Å². The highest BCUT2D eigenvalue weighted by Crippen LogP contribution is 2.22. The molecule has 26 heavy (non-hydrogen) atoms. The maximum Gasteiger partial charge on any atom is 0.242 e. The van der Waals surface area contributed by atoms with Gasteiger partial charge in [0.25, 0.3) is 0 Å². The molecule has 0 aromatic heterocycles. The molecule has 0 aliphatic carbocycles. The Morgan fingerprint density at radius 3 is 2.19 bits per heavy atom. The average molecular weight is 386 g/mol. The monoisotopic (exact) mass is 386 g/mol. The van der Waals surface area contributed by atoms with Gasteiger partial charge in [-0.1, -0.05) is 6.07 Å². The summed E-state index contributed by atoms with van der Waals surface area (Å²) in [6.07, 6.45) is -0.405. The van der Waals surface area contributed by atoms with Gasteiger partial charge < -0.3 is 5.32 Å². The Bertz CT molecular complexity index is 937. The Morgan fingerprint density at radius 1 is 1.08 bits per heavy atom. The van der Waals surface area contributed by atoms with Crippen LogP contribution < -0.4 is 5.32 Å². The zero-order chi connectivity index (χ0) is 19.6. The van der Waals surface area contributed by atoms with Crippen LogP contribution in [0.25, 0.3) is 0 Å². The fraction of sp³-hybridized carbons (Fsp3) is 0.235. The summed E-state index contributed by atoms with van der Waals surface area (Å²) < 4.78 is 64.8. The van der Waals surface area contributed by atoms with Crippen LogP contribution >= 0.6 is 0 Å². The summed E-state index contributed by atoms with van der Waals surface area (Å²) in [7, 11) is -0.926. The van der Waals surface area contributed by atoms with Crippen LogP contribution in [0.2, 0.25) is 0 Å². The number of nitrogens with one attached hydrogen (secondary N) is 1. The normalized spacial score (nSPS) is 11.7. The maximum atomic E-state index is 13.2. The lowest BCUT2D eigenvalue weighted by Gasteiger charge is -2.14. The van der Waals surface area contributed by atoms with Crippen LogP contribution in [0.5, 0.6) is 0 Å². The van der Waals surface area contributed by atoms with E-state index in [0.717, 1.165) is 16.4 Å². The molecule has 2 aromatic carbocycles. The molecule has 9 heteroatoms. The molecule has 0 spiro atoms. The maximum absolute atomic E-state index is 13.2. The Labute approximate surface area is 149 Å². The second-order valence-electron chi connectivity index (χ2n) is 5.86. The van der Waals surface area contributed by atoms with Gasteiger partial charge in [0.2, 0.25) is 15.9 Å². The smallest absolute Gasteiger partial charge is 0.242 e. The highest BCUT2D eigenvalue weighted by Gasteiger charge is 2.19. The fourth-order valence-electron chi connectivity index (χ4n) is 2.20. The van der Waals surface area contributed by atoms with Crippen molar-refractivity contribution < 1.29 is 26.4 Å². The van der Waals surface area contributed by atoms with Crippen LogP contribution in [0, 0.1) is 24.4 Å². The number of nitrogens with zero attached hydrogens (tertiary/aromatic N) is 1. The second kappa shape index (κ2) is 7.46. The van der Waals surface area contributed by atoms with Gasteiger partial charge in [-0.2, -0.15) is 0 Å². The molecule has 0 aliphatic rings. The largest absolute Gasteiger partial charge is 0.326 e. The third kappa shape index (κ3) is 4.23. The number of hydrogen-bond donors (Lipinski definition) is 1. The van der Waals surface area contributed by atoms with E-state index in [0.29, 0.717) is 5.56 Å². The quantitative estimate of drug-likeness (QED) is 0.804. The molecular weight excluding hydrogens is 369 g/mol. The number of carbonyl (C=O) groups is 1. The van der Waals surface area contributed by atoms with Crippen LogP contribution in [0.1, 0.15) is 11.1 Å². The minimum Gasteiger partial charge on any atom is -0.326 e. The summed E-state index contributed by atoms with van der Waals surface area (Å²) in [5.74, 6) is -5.00. The minimum atomic E-state index is -3.69. The number of anilines is 1. The number of carbonyl (C=O) groups excluding carboxylic acids is 1. The molecule has 0 aliphatic heterocycles. The molecule has 140 valence electrons. The third-order valence-electron chi connectivity index (χ3n) is 3.67. The fourth-order valence-corrected chi connectivity index (χ4v) is 3.13. The molecule has 0 heterocycles. The molecule has 1 N–H and O–H groups in total. The van der Waals surface area contributed by atoms with E-state index < -0.39 is 39.8 Å². The zero-order valence-corrected chi connectivity index (χ0v) is 15.1. The lowest BCUT2D eigenvalue weighted by Crippen LogP contribution is -2.22. The van der Waals surface area contributed by atoms with Gasteiger partial charge in [0.15, 0.2) is 17.5 Å². The summed E-state index contributed by atoms with van der Waals surface area (Å²) in [5, 5.41) is 2.50. The molecule has 0 radical (unpaired) electrons. The van der Waals surface area contributed by atoms with Crippen molar-refractivity contribution >= 4 is 21.6 Å². The molecule has 1 amide bonds. The van der Waals surface area contributed by atoms with Crippen molar-refractivity contribution in [1.29, 1.82) is 0 Å². The van der Waals surface area contributed by atoms with Gasteiger partial charge >= 0.3 is 0 Å². The van der Waals surface area contributed by atoms with Crippen molar-refractivity contribution in [2.24, 2.45) is 0 Å². The highest BCUT2D eigenvalue weighted by molar-refractivity contribution is 7.89. The molecule has 0 unspecified atom stereocenters. The Balaban J connectivity index is 2.24. The first kappa shape index (κ1) is 19.9. The summed E-state index contributed by atoms with van der Waals surface area (Å²) in [6.45, 7) is 1.67. The molecule has 0 saturated heterocycles. The van der Waals surface area contributed by atoms with E-state index in [1.165, 1.54) is 32.3 Å². The number of halogens is 3. The summed E-state index contributed by atoms with van der Waals surface area (Å²) in [6, 6.07) is 5.71. The zero-order valence-electron chi connectivity index (χ0n) is 14.3. The number of aryl methyl sites for hydroxylation is 1. The van der Waals surface area contributed by atoms with Gasteiger partial charge in [-0.25, -0.2) is 25.9 Å². The molecule has 0 saturated carbocycles. The predicted octanol–water partition coefficient (Wildman–Crippen LogP) is 2.84. The van der Waals surface area contributed by atoms with Crippen LogP contribution in [0.4, 0.5) is 18.9 Å². The van der Waals surface area contributed by atoms with Gasteiger partial charge in [-0.3, -0.25) is 4.79 Å². The van der Waals surface area contributed by atoms with Crippen molar-refractivity contribution in [3.05, 3.63) is 58.9 Å². The van der Waals surface area contributed by atoms with Crippen LogP contribution in [0.3, 0.4) is 0 Å². The number of rotatable bonds is 5. The molecule has 0 bridgehead atoms. The Kier molecular flexibility index (Phi) is 5.72. The first-order valence-electron chi connectivity index (χ1n) is 7.49. The van der Waals surface area contributed by atoms with Crippen molar-refractivity contribution in [3.63, 3.8) is 0 Å². The van der Waals surface area contributed by atoms with Gasteiger partial charge in [0.1, 0.15) is 0 Å². The first-order valence-corrected chi connectivity index (χ1v) is 8.93. The van der Waals surface area contributed by atoms with Gasteiger partial charge in [0.05, 0.1) is 11.3 Å². The van der Waals surface area contributed by atoms with Crippen LogP contribution in [-0.4, -0.2) is 32.7 Å². The number of amides is 1. The van der Waals surface area contributed by atoms with Crippen molar-refractivity contribution in [3.8, 4) is 0 Å². The van der Waals surface area contributed by atoms with E-state index in [-0.39, 0.29) is 16.1 Å². The molecular formula is C17H17F3N2O3S. The van der Waals surface area contributed by atoms with Gasteiger partial charge in [-0.05, 0) is 42.3 Å². The molecule has 0 fully saturated rings. The lowest BCUT2D eigenvalue weighted by atomic mass is 10.1. The average Bonchev–Trinajstić information content (AvgIpc) is 2.54. The SMILES string of the molecule is Cc1ccc(S(=O)(=O)N(C)C)cc1NC(=O)Cc1cc(F)c(F)c(F)c1. The lowest BCUT2D eigenvalue weighted by molar-refractivity contribution is -0.115. The van der Waals surface area contributed by atoms with E-state index >= 15 is 0 Å². The summed E-state index contributed by atoms with van der Waals surface area (Å²) in [5.41, 5.74) is 0.808. The number of sulfonamides is 1. The third-order valence-corrected chi connectivity index (χ3v) is 5.48. The predicted molar refractivity (Wildman–Crippen MR) is 90.7 cm³/mol. The molecule has 2 rings (SSSR count). The van der Waals surface area contributed by atoms with Gasteiger partial charge in [-0.15, -0.1) is 0 Å². The topological polar surface area (TPSA) is 66.5 Å². The van der Waals surface area contributed by atoms with E-state index in [4.69, 9.17) is 0 Å². The standard InChI is InChI=1S/C17H17F3N2O3S/c1-10-4-5-12(26(24,25)22(2)3)9-15(10)21-16(23)8-11-6-13(18)17(20)14(19)7-11/h4-7,9H,8H2,1-3H3,(H,21,23). The Hall–Kier alpha value is -2.39. The van der Waals surface area contributed by atoms with Crippen LogP contribution in [0.15, 0.2) is 35.2 Å². The second-order valence-corrected chi connectivity index (χ2v) is 8.01. The van der Waals surface area contributed by atoms with Crippen molar-refractivity contribution in [2.75, 3.05) is 19.4 Å². The highest BCUT2D eigenvalue weighted by atomic mass is 32.2.